The van der Waals surface area contributed by atoms with Crippen molar-refractivity contribution in [2.24, 2.45) is 5.41 Å². The number of hydrogen-bond acceptors (Lipinski definition) is 4. The third-order valence-electron chi connectivity index (χ3n) is 3.55. The molecule has 124 valence electrons. The zero-order chi connectivity index (χ0) is 16.7. The number of aliphatic hydroxyl groups is 1. The Bertz CT molecular complexity index is 625. The highest BCUT2D eigenvalue weighted by Crippen LogP contribution is 2.17. The van der Waals surface area contributed by atoms with E-state index in [1.54, 1.807) is 23.3 Å². The molecule has 0 saturated heterocycles. The van der Waals surface area contributed by atoms with Crippen LogP contribution in [0.3, 0.4) is 0 Å². The summed E-state index contributed by atoms with van der Waals surface area (Å²) in [5.74, 6) is 0.756. The molecule has 0 aliphatic rings. The van der Waals surface area contributed by atoms with Crippen LogP contribution >= 0.6 is 0 Å². The maximum atomic E-state index is 11.9. The van der Waals surface area contributed by atoms with E-state index in [1.165, 1.54) is 0 Å². The number of rotatable bonds is 7. The van der Waals surface area contributed by atoms with E-state index in [0.29, 0.717) is 19.5 Å². The van der Waals surface area contributed by atoms with Gasteiger partial charge in [-0.25, -0.2) is 14.8 Å². The van der Waals surface area contributed by atoms with E-state index >= 15 is 0 Å². The highest BCUT2D eigenvalue weighted by Gasteiger charge is 2.17. The van der Waals surface area contributed by atoms with Crippen LogP contribution in [0, 0.1) is 5.41 Å². The first kappa shape index (κ1) is 17.0. The van der Waals surface area contributed by atoms with Crippen LogP contribution in [0.2, 0.25) is 0 Å². The number of aromatic nitrogens is 3. The zero-order valence-corrected chi connectivity index (χ0v) is 13.5. The first-order valence-corrected chi connectivity index (χ1v) is 7.56. The molecule has 2 aromatic rings. The van der Waals surface area contributed by atoms with Gasteiger partial charge in [0.1, 0.15) is 12.1 Å². The monoisotopic (exact) mass is 317 g/mol. The summed E-state index contributed by atoms with van der Waals surface area (Å²) in [5, 5.41) is 14.6. The number of imidazole rings is 1. The lowest BCUT2D eigenvalue weighted by Gasteiger charge is -2.23. The molecular formula is C16H23N5O2. The van der Waals surface area contributed by atoms with Crippen molar-refractivity contribution in [2.45, 2.75) is 26.8 Å². The van der Waals surface area contributed by atoms with E-state index in [2.05, 4.69) is 20.6 Å². The standard InChI is InChI=1S/C16H23N5O2/c1-16(2,4-8-22)11-20-15(23)19-10-13-3-5-18-14(9-13)21-7-6-17-12-21/h3,5-7,9,12,22H,4,8,10-11H2,1-2H3,(H2,19,20,23). The average Bonchev–Trinajstić information content (AvgIpc) is 3.06. The van der Waals surface area contributed by atoms with Crippen molar-refractivity contribution in [3.63, 3.8) is 0 Å². The molecule has 0 bridgehead atoms. The summed E-state index contributed by atoms with van der Waals surface area (Å²) in [7, 11) is 0. The molecule has 2 aromatic heterocycles. The van der Waals surface area contributed by atoms with Crippen molar-refractivity contribution < 1.29 is 9.90 Å². The largest absolute Gasteiger partial charge is 0.396 e. The topological polar surface area (TPSA) is 92.1 Å². The number of carbonyl (C=O) groups excluding carboxylic acids is 1. The summed E-state index contributed by atoms with van der Waals surface area (Å²) >= 11 is 0. The fourth-order valence-electron chi connectivity index (χ4n) is 2.06. The molecule has 0 saturated carbocycles. The first-order valence-electron chi connectivity index (χ1n) is 7.56. The van der Waals surface area contributed by atoms with Crippen LogP contribution in [0.25, 0.3) is 5.82 Å². The Hall–Kier alpha value is -2.41. The lowest BCUT2D eigenvalue weighted by Crippen LogP contribution is -2.40. The Morgan fingerprint density at radius 2 is 2.17 bits per heavy atom. The number of nitrogens with zero attached hydrogens (tertiary/aromatic N) is 3. The highest BCUT2D eigenvalue weighted by molar-refractivity contribution is 5.73. The van der Waals surface area contributed by atoms with Crippen LogP contribution in [0.4, 0.5) is 4.79 Å². The minimum Gasteiger partial charge on any atom is -0.396 e. The van der Waals surface area contributed by atoms with E-state index in [4.69, 9.17) is 5.11 Å². The molecule has 2 heterocycles. The summed E-state index contributed by atoms with van der Waals surface area (Å²) in [4.78, 5) is 20.1. The van der Waals surface area contributed by atoms with Crippen molar-refractivity contribution >= 4 is 6.03 Å². The van der Waals surface area contributed by atoms with Gasteiger partial charge in [-0.3, -0.25) is 4.57 Å². The maximum Gasteiger partial charge on any atom is 0.315 e. The van der Waals surface area contributed by atoms with Gasteiger partial charge in [-0.05, 0) is 29.5 Å². The van der Waals surface area contributed by atoms with Crippen molar-refractivity contribution in [1.29, 1.82) is 0 Å². The molecule has 0 radical (unpaired) electrons. The Balaban J connectivity index is 1.84. The van der Waals surface area contributed by atoms with Crippen molar-refractivity contribution in [3.8, 4) is 5.82 Å². The van der Waals surface area contributed by atoms with Crippen LogP contribution in [-0.2, 0) is 6.54 Å². The van der Waals surface area contributed by atoms with Gasteiger partial charge in [0.15, 0.2) is 0 Å². The average molecular weight is 317 g/mol. The van der Waals surface area contributed by atoms with Crippen LogP contribution in [0.1, 0.15) is 25.8 Å². The number of hydrogen-bond donors (Lipinski definition) is 3. The number of amides is 2. The molecule has 0 atom stereocenters. The number of urea groups is 1. The van der Waals surface area contributed by atoms with Crippen molar-refractivity contribution in [3.05, 3.63) is 42.6 Å². The molecule has 0 spiro atoms. The fourth-order valence-corrected chi connectivity index (χ4v) is 2.06. The highest BCUT2D eigenvalue weighted by atomic mass is 16.3. The molecule has 3 N–H and O–H groups in total. The Morgan fingerprint density at radius 1 is 1.35 bits per heavy atom. The Labute approximate surface area is 135 Å². The summed E-state index contributed by atoms with van der Waals surface area (Å²) < 4.78 is 1.81. The second-order valence-corrected chi connectivity index (χ2v) is 6.17. The second kappa shape index (κ2) is 7.73. The van der Waals surface area contributed by atoms with Gasteiger partial charge in [0.2, 0.25) is 0 Å². The van der Waals surface area contributed by atoms with Gasteiger partial charge in [0, 0.05) is 38.3 Å². The van der Waals surface area contributed by atoms with Crippen molar-refractivity contribution in [2.75, 3.05) is 13.2 Å². The minimum atomic E-state index is -0.225. The normalized spacial score (nSPS) is 11.3. The minimum absolute atomic E-state index is 0.115. The van der Waals surface area contributed by atoms with Crippen LogP contribution in [-0.4, -0.2) is 38.8 Å². The molecule has 2 amide bonds. The molecule has 0 fully saturated rings. The van der Waals surface area contributed by atoms with E-state index in [-0.39, 0.29) is 18.1 Å². The van der Waals surface area contributed by atoms with Gasteiger partial charge in [0.05, 0.1) is 0 Å². The fraction of sp³-hybridized carbons (Fsp3) is 0.438. The van der Waals surface area contributed by atoms with Crippen LogP contribution in [0.5, 0.6) is 0 Å². The number of nitrogens with one attached hydrogen (secondary N) is 2. The molecule has 0 aliphatic heterocycles. The van der Waals surface area contributed by atoms with Gasteiger partial charge in [-0.2, -0.15) is 0 Å². The van der Waals surface area contributed by atoms with E-state index in [0.717, 1.165) is 11.4 Å². The summed E-state index contributed by atoms with van der Waals surface area (Å²) in [6, 6.07) is 3.53. The van der Waals surface area contributed by atoms with E-state index in [9.17, 15) is 4.79 Å². The molecule has 2 rings (SSSR count). The Kier molecular flexibility index (Phi) is 5.70. The third-order valence-corrected chi connectivity index (χ3v) is 3.55. The summed E-state index contributed by atoms with van der Waals surface area (Å²) in [6.07, 6.45) is 7.53. The molecule has 0 unspecified atom stereocenters. The lowest BCUT2D eigenvalue weighted by atomic mass is 9.90. The van der Waals surface area contributed by atoms with Gasteiger partial charge < -0.3 is 15.7 Å². The molecule has 7 heteroatoms. The first-order chi connectivity index (χ1) is 11.0. The third kappa shape index (κ3) is 5.37. The van der Waals surface area contributed by atoms with Gasteiger partial charge >= 0.3 is 6.03 Å². The molecule has 7 nitrogen and oxygen atoms in total. The number of aliphatic hydroxyl groups excluding tert-OH is 1. The molecular weight excluding hydrogens is 294 g/mol. The zero-order valence-electron chi connectivity index (χ0n) is 13.5. The lowest BCUT2D eigenvalue weighted by molar-refractivity contribution is 0.201. The second-order valence-electron chi connectivity index (χ2n) is 6.17. The molecule has 23 heavy (non-hydrogen) atoms. The van der Waals surface area contributed by atoms with Crippen LogP contribution in [0.15, 0.2) is 37.1 Å². The Morgan fingerprint density at radius 3 is 2.87 bits per heavy atom. The smallest absolute Gasteiger partial charge is 0.315 e. The quantitative estimate of drug-likeness (QED) is 0.721. The van der Waals surface area contributed by atoms with E-state index < -0.39 is 0 Å². The van der Waals surface area contributed by atoms with Crippen molar-refractivity contribution in [1.82, 2.24) is 25.2 Å². The molecule has 0 aromatic carbocycles. The molecule has 0 aliphatic carbocycles. The number of pyridine rings is 1. The SMILES string of the molecule is CC(C)(CCO)CNC(=O)NCc1ccnc(-n2ccnc2)c1. The van der Waals surface area contributed by atoms with Gasteiger partial charge in [-0.15, -0.1) is 0 Å². The van der Waals surface area contributed by atoms with E-state index in [1.807, 2.05) is 32.2 Å². The summed E-state index contributed by atoms with van der Waals surface area (Å²) in [5.41, 5.74) is 0.825. The predicted octanol–water partition coefficient (Wildman–Crippen LogP) is 1.48. The number of carbonyl (C=O) groups is 1. The van der Waals surface area contributed by atoms with Gasteiger partial charge in [0.25, 0.3) is 0 Å². The van der Waals surface area contributed by atoms with Crippen LogP contribution < -0.4 is 10.6 Å². The van der Waals surface area contributed by atoms with Gasteiger partial charge in [-0.1, -0.05) is 13.8 Å². The summed E-state index contributed by atoms with van der Waals surface area (Å²) in [6.45, 7) is 5.05. The predicted molar refractivity (Wildman–Crippen MR) is 87.1 cm³/mol. The maximum absolute atomic E-state index is 11.9.